The van der Waals surface area contributed by atoms with Gasteiger partial charge in [0.05, 0.1) is 5.02 Å². The number of benzene rings is 3. The molecule has 0 radical (unpaired) electrons. The minimum atomic E-state index is -3.76. The molecule has 1 unspecified atom stereocenters. The summed E-state index contributed by atoms with van der Waals surface area (Å²) in [6, 6.07) is 21.5. The van der Waals surface area contributed by atoms with Crippen molar-refractivity contribution in [2.75, 3.05) is 13.6 Å². The highest BCUT2D eigenvalue weighted by Crippen LogP contribution is 2.55. The lowest BCUT2D eigenvalue weighted by molar-refractivity contribution is 0.0942. The molecule has 0 aliphatic heterocycles. The van der Waals surface area contributed by atoms with Crippen molar-refractivity contribution in [3.8, 4) is 0 Å². The van der Waals surface area contributed by atoms with E-state index in [2.05, 4.69) is 58.6 Å². The molecule has 3 aromatic carbocycles. The predicted octanol–water partition coefficient (Wildman–Crippen LogP) is 4.28. The first kappa shape index (κ1) is 21.2. The van der Waals surface area contributed by atoms with Gasteiger partial charge in [-0.1, -0.05) is 60.1 Å². The van der Waals surface area contributed by atoms with Gasteiger partial charge in [0, 0.05) is 23.9 Å². The number of carbonyl (C=O) groups is 1. The first-order valence-electron chi connectivity index (χ1n) is 10.6. The number of fused-ring (bicyclic) bond motifs is 1. The van der Waals surface area contributed by atoms with Gasteiger partial charge < -0.3 is 5.32 Å². The molecule has 3 aliphatic carbocycles. The highest BCUT2D eigenvalue weighted by atomic mass is 35.5. The van der Waals surface area contributed by atoms with Crippen LogP contribution in [-0.4, -0.2) is 27.9 Å². The molecule has 3 aromatic rings. The largest absolute Gasteiger partial charge is 0.352 e. The molecular weight excluding hydrogens is 444 g/mol. The molecule has 0 fully saturated rings. The van der Waals surface area contributed by atoms with Gasteiger partial charge in [0.25, 0.3) is 5.91 Å². The van der Waals surface area contributed by atoms with E-state index in [4.69, 9.17) is 11.6 Å². The monoisotopic (exact) mass is 466 g/mol. The Hall–Kier alpha value is -2.67. The Morgan fingerprint density at radius 3 is 2.16 bits per heavy atom. The van der Waals surface area contributed by atoms with Crippen molar-refractivity contribution >= 4 is 27.5 Å². The molecule has 164 valence electrons. The lowest BCUT2D eigenvalue weighted by Gasteiger charge is -2.45. The van der Waals surface area contributed by atoms with E-state index in [-0.39, 0.29) is 33.2 Å². The van der Waals surface area contributed by atoms with Crippen molar-refractivity contribution in [3.05, 3.63) is 99.6 Å². The van der Waals surface area contributed by atoms with Crippen LogP contribution in [0.3, 0.4) is 0 Å². The van der Waals surface area contributed by atoms with E-state index in [0.29, 0.717) is 12.5 Å². The lowest BCUT2D eigenvalue weighted by atomic mass is 9.59. The molecule has 3 aliphatic rings. The maximum Gasteiger partial charge on any atom is 0.251 e. The topological polar surface area (TPSA) is 75.3 Å². The van der Waals surface area contributed by atoms with E-state index in [1.165, 1.54) is 41.4 Å². The molecule has 7 heteroatoms. The third-order valence-electron chi connectivity index (χ3n) is 6.70. The fourth-order valence-electron chi connectivity index (χ4n) is 5.25. The SMILES string of the molecule is CNS(=O)(=O)c1cc(C(=O)NCC2CC3c4ccccc4C2c2ccccc23)ccc1Cl. The number of carbonyl (C=O) groups excluding carboxylic acids is 1. The molecule has 2 bridgehead atoms. The highest BCUT2D eigenvalue weighted by Gasteiger charge is 2.42. The van der Waals surface area contributed by atoms with Crippen molar-refractivity contribution in [1.82, 2.24) is 10.0 Å². The number of hydrogen-bond donors (Lipinski definition) is 2. The molecular formula is C25H23ClN2O3S. The van der Waals surface area contributed by atoms with Gasteiger partial charge >= 0.3 is 0 Å². The van der Waals surface area contributed by atoms with Crippen LogP contribution >= 0.6 is 11.6 Å². The molecule has 0 heterocycles. The van der Waals surface area contributed by atoms with Crippen LogP contribution in [0.15, 0.2) is 71.6 Å². The van der Waals surface area contributed by atoms with Crippen LogP contribution in [0.4, 0.5) is 0 Å². The number of sulfonamides is 1. The van der Waals surface area contributed by atoms with E-state index in [1.54, 1.807) is 6.07 Å². The molecule has 0 aromatic heterocycles. The molecule has 1 amide bonds. The molecule has 1 atom stereocenters. The van der Waals surface area contributed by atoms with Gasteiger partial charge in [-0.3, -0.25) is 4.79 Å². The Kier molecular flexibility index (Phi) is 5.32. The summed E-state index contributed by atoms with van der Waals surface area (Å²) in [5, 5.41) is 3.11. The van der Waals surface area contributed by atoms with E-state index in [0.717, 1.165) is 6.42 Å². The minimum Gasteiger partial charge on any atom is -0.352 e. The number of halogens is 1. The fourth-order valence-corrected chi connectivity index (χ4v) is 6.50. The normalized spacial score (nSPS) is 21.0. The van der Waals surface area contributed by atoms with E-state index in [9.17, 15) is 13.2 Å². The smallest absolute Gasteiger partial charge is 0.251 e. The van der Waals surface area contributed by atoms with Crippen LogP contribution in [0.5, 0.6) is 0 Å². The second kappa shape index (κ2) is 8.03. The van der Waals surface area contributed by atoms with Crippen LogP contribution < -0.4 is 10.0 Å². The Bertz CT molecular complexity index is 1270. The number of nitrogens with one attached hydrogen (secondary N) is 2. The summed E-state index contributed by atoms with van der Waals surface area (Å²) in [6.45, 7) is 0.513. The zero-order valence-corrected chi connectivity index (χ0v) is 19.1. The average Bonchev–Trinajstić information content (AvgIpc) is 2.83. The Morgan fingerprint density at radius 1 is 0.969 bits per heavy atom. The molecule has 2 N–H and O–H groups in total. The first-order chi connectivity index (χ1) is 15.4. The number of amides is 1. The van der Waals surface area contributed by atoms with Gasteiger partial charge in [0.1, 0.15) is 4.90 Å². The van der Waals surface area contributed by atoms with Gasteiger partial charge in [-0.15, -0.1) is 0 Å². The summed E-state index contributed by atoms with van der Waals surface area (Å²) >= 11 is 6.05. The van der Waals surface area contributed by atoms with Gasteiger partial charge in [-0.25, -0.2) is 13.1 Å². The summed E-state index contributed by atoms with van der Waals surface area (Å²) < 4.78 is 26.6. The molecule has 32 heavy (non-hydrogen) atoms. The van der Waals surface area contributed by atoms with Gasteiger partial charge in [-0.2, -0.15) is 0 Å². The van der Waals surface area contributed by atoms with E-state index in [1.807, 2.05) is 0 Å². The van der Waals surface area contributed by atoms with Crippen LogP contribution in [-0.2, 0) is 10.0 Å². The summed E-state index contributed by atoms with van der Waals surface area (Å²) in [4.78, 5) is 12.8. The molecule has 0 saturated carbocycles. The average molecular weight is 467 g/mol. The molecule has 0 spiro atoms. The standard InChI is InChI=1S/C25H23ClN2O3S/c1-27-32(30,31)23-13-15(10-11-22(23)26)25(29)28-14-16-12-21-17-6-2-4-8-19(17)24(16)20-9-5-3-7-18(20)21/h2-11,13,16,21,24,27H,12,14H2,1H3,(H,28,29). The lowest BCUT2D eigenvalue weighted by Crippen LogP contribution is -2.39. The fraction of sp³-hybridized carbons (Fsp3) is 0.240. The van der Waals surface area contributed by atoms with Crippen LogP contribution in [0.25, 0.3) is 0 Å². The molecule has 0 saturated heterocycles. The summed E-state index contributed by atoms with van der Waals surface area (Å²) in [5.74, 6) is 0.522. The van der Waals surface area contributed by atoms with Crippen molar-refractivity contribution in [2.45, 2.75) is 23.2 Å². The summed E-state index contributed by atoms with van der Waals surface area (Å²) in [6.07, 6.45) is 0.971. The van der Waals surface area contributed by atoms with E-state index < -0.39 is 10.0 Å². The highest BCUT2D eigenvalue weighted by molar-refractivity contribution is 7.89. The third-order valence-corrected chi connectivity index (χ3v) is 8.60. The van der Waals surface area contributed by atoms with Crippen LogP contribution in [0, 0.1) is 5.92 Å². The minimum absolute atomic E-state index is 0.0775. The second-order valence-electron chi connectivity index (χ2n) is 8.35. The van der Waals surface area contributed by atoms with Gasteiger partial charge in [-0.05, 0) is 59.8 Å². The Balaban J connectivity index is 1.40. The van der Waals surface area contributed by atoms with E-state index >= 15 is 0 Å². The van der Waals surface area contributed by atoms with Crippen molar-refractivity contribution < 1.29 is 13.2 Å². The quantitative estimate of drug-likeness (QED) is 0.589. The number of rotatable bonds is 5. The number of hydrogen-bond acceptors (Lipinski definition) is 3. The summed E-state index contributed by atoms with van der Waals surface area (Å²) in [5.41, 5.74) is 5.73. The summed E-state index contributed by atoms with van der Waals surface area (Å²) in [7, 11) is -2.44. The van der Waals surface area contributed by atoms with Crippen LogP contribution in [0.2, 0.25) is 5.02 Å². The molecule has 6 rings (SSSR count). The maximum absolute atomic E-state index is 12.9. The Labute approximate surface area is 192 Å². The van der Waals surface area contributed by atoms with Crippen molar-refractivity contribution in [3.63, 3.8) is 0 Å². The van der Waals surface area contributed by atoms with Crippen LogP contribution in [0.1, 0.15) is 50.9 Å². The Morgan fingerprint density at radius 2 is 1.56 bits per heavy atom. The van der Waals surface area contributed by atoms with Gasteiger partial charge in [0.2, 0.25) is 10.0 Å². The first-order valence-corrected chi connectivity index (χ1v) is 12.5. The zero-order chi connectivity index (χ0) is 22.5. The predicted molar refractivity (Wildman–Crippen MR) is 125 cm³/mol. The second-order valence-corrected chi connectivity index (χ2v) is 10.6. The maximum atomic E-state index is 12.9. The van der Waals surface area contributed by atoms with Crippen molar-refractivity contribution in [1.29, 1.82) is 0 Å². The van der Waals surface area contributed by atoms with Crippen molar-refractivity contribution in [2.24, 2.45) is 5.92 Å². The third kappa shape index (κ3) is 3.43. The van der Waals surface area contributed by atoms with Gasteiger partial charge in [0.15, 0.2) is 0 Å². The zero-order valence-electron chi connectivity index (χ0n) is 17.5. The molecule has 5 nitrogen and oxygen atoms in total.